The SMILES string of the molecule is CCNS(=O)(=O)c1ccc([N+](=O)[O-])cc1Cl. The highest BCUT2D eigenvalue weighted by atomic mass is 35.5. The van der Waals surface area contributed by atoms with Crippen molar-refractivity contribution < 1.29 is 13.3 Å². The molecule has 0 amide bonds. The molecule has 0 fully saturated rings. The maximum Gasteiger partial charge on any atom is 0.271 e. The molecule has 0 aliphatic carbocycles. The van der Waals surface area contributed by atoms with Crippen LogP contribution in [0.4, 0.5) is 5.69 Å². The number of nitrogens with zero attached hydrogens (tertiary/aromatic N) is 1. The third-order valence-corrected chi connectivity index (χ3v) is 3.78. The normalized spacial score (nSPS) is 11.4. The topological polar surface area (TPSA) is 89.3 Å². The molecule has 0 bridgehead atoms. The minimum Gasteiger partial charge on any atom is -0.258 e. The minimum absolute atomic E-state index is 0.165. The van der Waals surface area contributed by atoms with Crippen LogP contribution in [0.3, 0.4) is 0 Å². The summed E-state index contributed by atoms with van der Waals surface area (Å²) in [6.07, 6.45) is 0. The molecular formula is C8H9ClN2O4S. The second-order valence-electron chi connectivity index (χ2n) is 2.87. The van der Waals surface area contributed by atoms with E-state index in [2.05, 4.69) is 4.72 Å². The van der Waals surface area contributed by atoms with E-state index in [1.54, 1.807) is 6.92 Å². The first-order valence-electron chi connectivity index (χ1n) is 4.32. The number of rotatable bonds is 4. The fourth-order valence-corrected chi connectivity index (χ4v) is 2.67. The van der Waals surface area contributed by atoms with E-state index in [9.17, 15) is 18.5 Å². The molecule has 88 valence electrons. The quantitative estimate of drug-likeness (QED) is 0.660. The summed E-state index contributed by atoms with van der Waals surface area (Å²) in [7, 11) is -3.69. The molecule has 1 aromatic rings. The molecule has 0 unspecified atom stereocenters. The van der Waals surface area contributed by atoms with Gasteiger partial charge in [-0.05, 0) is 6.07 Å². The molecule has 0 saturated carbocycles. The van der Waals surface area contributed by atoms with Gasteiger partial charge in [0.15, 0.2) is 0 Å². The summed E-state index contributed by atoms with van der Waals surface area (Å²) in [5.74, 6) is 0. The van der Waals surface area contributed by atoms with Crippen molar-refractivity contribution in [2.45, 2.75) is 11.8 Å². The Balaban J connectivity index is 3.23. The average molecular weight is 265 g/mol. The van der Waals surface area contributed by atoms with E-state index >= 15 is 0 Å². The van der Waals surface area contributed by atoms with Crippen LogP contribution < -0.4 is 4.72 Å². The van der Waals surface area contributed by atoms with Gasteiger partial charge in [0.2, 0.25) is 10.0 Å². The second kappa shape index (κ2) is 4.77. The lowest BCUT2D eigenvalue weighted by Gasteiger charge is -2.05. The van der Waals surface area contributed by atoms with Gasteiger partial charge in [-0.1, -0.05) is 18.5 Å². The Bertz CT molecular complexity index is 515. The molecule has 1 N–H and O–H groups in total. The molecule has 0 heterocycles. The number of non-ortho nitro benzene ring substituents is 1. The Kier molecular flexibility index (Phi) is 3.84. The number of hydrogen-bond donors (Lipinski definition) is 1. The number of benzene rings is 1. The Morgan fingerprint density at radius 1 is 1.50 bits per heavy atom. The highest BCUT2D eigenvalue weighted by Crippen LogP contribution is 2.25. The van der Waals surface area contributed by atoms with E-state index in [1.165, 1.54) is 0 Å². The molecule has 1 aromatic carbocycles. The van der Waals surface area contributed by atoms with Crippen molar-refractivity contribution in [2.75, 3.05) is 6.54 Å². The Morgan fingerprint density at radius 3 is 2.56 bits per heavy atom. The third-order valence-electron chi connectivity index (χ3n) is 1.75. The fourth-order valence-electron chi connectivity index (χ4n) is 1.09. The number of nitrogens with one attached hydrogen (secondary N) is 1. The number of hydrogen-bond acceptors (Lipinski definition) is 4. The number of sulfonamides is 1. The van der Waals surface area contributed by atoms with Gasteiger partial charge < -0.3 is 0 Å². The zero-order chi connectivity index (χ0) is 12.3. The van der Waals surface area contributed by atoms with Crippen molar-refractivity contribution in [1.82, 2.24) is 4.72 Å². The van der Waals surface area contributed by atoms with Gasteiger partial charge in [0.1, 0.15) is 4.90 Å². The smallest absolute Gasteiger partial charge is 0.258 e. The van der Waals surface area contributed by atoms with Gasteiger partial charge in [0.25, 0.3) is 5.69 Å². The van der Waals surface area contributed by atoms with Crippen LogP contribution in [-0.2, 0) is 10.0 Å². The summed E-state index contributed by atoms with van der Waals surface area (Å²) in [4.78, 5) is 9.61. The Morgan fingerprint density at radius 2 is 2.12 bits per heavy atom. The van der Waals surface area contributed by atoms with Crippen LogP contribution >= 0.6 is 11.6 Å². The number of nitro benzene ring substituents is 1. The number of halogens is 1. The zero-order valence-electron chi connectivity index (χ0n) is 8.31. The maximum absolute atomic E-state index is 11.6. The van der Waals surface area contributed by atoms with Crippen LogP contribution in [-0.4, -0.2) is 19.9 Å². The Labute approximate surface area is 97.4 Å². The van der Waals surface area contributed by atoms with Gasteiger partial charge in [-0.15, -0.1) is 0 Å². The molecule has 16 heavy (non-hydrogen) atoms. The molecule has 0 radical (unpaired) electrons. The summed E-state index contributed by atoms with van der Waals surface area (Å²) in [6, 6.07) is 3.21. The molecule has 6 nitrogen and oxygen atoms in total. The van der Waals surface area contributed by atoms with Crippen LogP contribution in [0.1, 0.15) is 6.92 Å². The maximum atomic E-state index is 11.6. The van der Waals surface area contributed by atoms with Gasteiger partial charge in [-0.25, -0.2) is 13.1 Å². The predicted octanol–water partition coefficient (Wildman–Crippen LogP) is 1.55. The van der Waals surface area contributed by atoms with Crippen molar-refractivity contribution in [3.05, 3.63) is 33.3 Å². The predicted molar refractivity (Wildman–Crippen MR) is 59.0 cm³/mol. The number of nitro groups is 1. The third kappa shape index (κ3) is 2.69. The molecule has 0 aromatic heterocycles. The average Bonchev–Trinajstić information content (AvgIpc) is 2.16. The van der Waals surface area contributed by atoms with Crippen LogP contribution in [0.25, 0.3) is 0 Å². The zero-order valence-corrected chi connectivity index (χ0v) is 9.88. The molecule has 0 aliphatic heterocycles. The largest absolute Gasteiger partial charge is 0.271 e. The summed E-state index contributed by atoms with van der Waals surface area (Å²) in [5, 5.41) is 10.3. The summed E-state index contributed by atoms with van der Waals surface area (Å²) >= 11 is 5.67. The highest BCUT2D eigenvalue weighted by Gasteiger charge is 2.19. The van der Waals surface area contributed by atoms with Crippen molar-refractivity contribution >= 4 is 27.3 Å². The van der Waals surface area contributed by atoms with Crippen molar-refractivity contribution in [2.24, 2.45) is 0 Å². The highest BCUT2D eigenvalue weighted by molar-refractivity contribution is 7.89. The standard InChI is InChI=1S/C8H9ClN2O4S/c1-2-10-16(14,15)8-4-3-6(11(12)13)5-7(8)9/h3-5,10H,2H2,1H3. The van der Waals surface area contributed by atoms with Crippen LogP contribution in [0.5, 0.6) is 0 Å². The first-order chi connectivity index (χ1) is 7.38. The molecular weight excluding hydrogens is 256 g/mol. The first-order valence-corrected chi connectivity index (χ1v) is 6.18. The van der Waals surface area contributed by atoms with Crippen molar-refractivity contribution in [3.8, 4) is 0 Å². The molecule has 1 rings (SSSR count). The van der Waals surface area contributed by atoms with E-state index in [1.807, 2.05) is 0 Å². The van der Waals surface area contributed by atoms with Gasteiger partial charge in [-0.3, -0.25) is 10.1 Å². The molecule has 0 spiro atoms. The fraction of sp³-hybridized carbons (Fsp3) is 0.250. The lowest BCUT2D eigenvalue weighted by Crippen LogP contribution is -2.23. The molecule has 8 heteroatoms. The van der Waals surface area contributed by atoms with Crippen molar-refractivity contribution in [1.29, 1.82) is 0 Å². The van der Waals surface area contributed by atoms with E-state index in [0.29, 0.717) is 0 Å². The first kappa shape index (κ1) is 12.9. The second-order valence-corrected chi connectivity index (χ2v) is 5.02. The van der Waals surface area contributed by atoms with Crippen LogP contribution in [0.2, 0.25) is 5.02 Å². The van der Waals surface area contributed by atoms with E-state index in [0.717, 1.165) is 18.2 Å². The van der Waals surface area contributed by atoms with E-state index in [-0.39, 0.29) is 22.2 Å². The minimum atomic E-state index is -3.69. The van der Waals surface area contributed by atoms with Gasteiger partial charge in [-0.2, -0.15) is 0 Å². The van der Waals surface area contributed by atoms with E-state index in [4.69, 9.17) is 11.6 Å². The van der Waals surface area contributed by atoms with Gasteiger partial charge >= 0.3 is 0 Å². The molecule has 0 saturated heterocycles. The molecule has 0 atom stereocenters. The lowest BCUT2D eigenvalue weighted by atomic mass is 10.3. The van der Waals surface area contributed by atoms with Crippen molar-refractivity contribution in [3.63, 3.8) is 0 Å². The monoisotopic (exact) mass is 264 g/mol. The lowest BCUT2D eigenvalue weighted by molar-refractivity contribution is -0.384. The van der Waals surface area contributed by atoms with E-state index < -0.39 is 14.9 Å². The van der Waals surface area contributed by atoms with Crippen LogP contribution in [0.15, 0.2) is 23.1 Å². The van der Waals surface area contributed by atoms with Crippen LogP contribution in [0, 0.1) is 10.1 Å². The Hall–Kier alpha value is -1.18. The molecule has 0 aliphatic rings. The summed E-state index contributed by atoms with van der Waals surface area (Å²) in [6.45, 7) is 1.84. The summed E-state index contributed by atoms with van der Waals surface area (Å²) in [5.41, 5.74) is -0.250. The van der Waals surface area contributed by atoms with Gasteiger partial charge in [0, 0.05) is 18.7 Å². The summed E-state index contributed by atoms with van der Waals surface area (Å²) < 4.78 is 25.4. The van der Waals surface area contributed by atoms with Gasteiger partial charge in [0.05, 0.1) is 9.95 Å².